The highest BCUT2D eigenvalue weighted by molar-refractivity contribution is 5.90. The molecule has 0 fully saturated rings. The van der Waals surface area contributed by atoms with Crippen LogP contribution in [0.3, 0.4) is 0 Å². The summed E-state index contributed by atoms with van der Waals surface area (Å²) in [5.41, 5.74) is 6.45. The van der Waals surface area contributed by atoms with Crippen molar-refractivity contribution >= 4 is 23.1 Å². The Labute approximate surface area is 127 Å². The summed E-state index contributed by atoms with van der Waals surface area (Å²) in [7, 11) is 1.59. The first-order chi connectivity index (χ1) is 10.5. The lowest BCUT2D eigenvalue weighted by Crippen LogP contribution is -2.20. The van der Waals surface area contributed by atoms with Crippen molar-refractivity contribution in [1.82, 2.24) is 4.57 Å². The van der Waals surface area contributed by atoms with E-state index in [-0.39, 0.29) is 18.0 Å². The van der Waals surface area contributed by atoms with Crippen LogP contribution in [0, 0.1) is 0 Å². The number of rotatable bonds is 5. The minimum Gasteiger partial charge on any atom is -0.457 e. The van der Waals surface area contributed by atoms with Crippen LogP contribution in [0.1, 0.15) is 20.3 Å². The molecule has 2 aromatic rings. The van der Waals surface area contributed by atoms with Crippen LogP contribution in [-0.2, 0) is 11.8 Å². The van der Waals surface area contributed by atoms with Gasteiger partial charge in [-0.2, -0.15) is 0 Å². The average Bonchev–Trinajstić information content (AvgIpc) is 2.52. The van der Waals surface area contributed by atoms with Crippen molar-refractivity contribution in [1.29, 1.82) is 0 Å². The third-order valence-electron chi connectivity index (χ3n) is 3.40. The van der Waals surface area contributed by atoms with E-state index in [1.807, 2.05) is 13.8 Å². The topological polar surface area (TPSA) is 83.5 Å². The number of benzene rings is 1. The largest absolute Gasteiger partial charge is 0.457 e. The van der Waals surface area contributed by atoms with E-state index in [1.54, 1.807) is 31.3 Å². The molecule has 0 aliphatic carbocycles. The van der Waals surface area contributed by atoms with E-state index < -0.39 is 5.56 Å². The van der Waals surface area contributed by atoms with Crippen molar-refractivity contribution in [3.05, 3.63) is 40.4 Å². The normalized spacial score (nSPS) is 11.5. The number of nitrogens with zero attached hydrogens (tertiary/aromatic N) is 1. The number of nitrogens with two attached hydrogens (primary N) is 1. The number of ether oxygens (including phenoxy) is 2. The first-order valence-corrected chi connectivity index (χ1v) is 6.89. The highest BCUT2D eigenvalue weighted by Gasteiger charge is 2.19. The van der Waals surface area contributed by atoms with Gasteiger partial charge in [0.05, 0.1) is 11.3 Å². The minimum atomic E-state index is -0.466. The van der Waals surface area contributed by atoms with Gasteiger partial charge in [-0.3, -0.25) is 9.59 Å². The van der Waals surface area contributed by atoms with E-state index >= 15 is 0 Å². The molecular formula is C16H18N2O4. The third kappa shape index (κ3) is 2.67. The van der Waals surface area contributed by atoms with Crippen molar-refractivity contribution in [3.63, 3.8) is 0 Å². The number of carbonyl (C=O) groups excluding carboxylic acids is 1. The van der Waals surface area contributed by atoms with E-state index in [2.05, 4.69) is 0 Å². The first-order valence-electron chi connectivity index (χ1n) is 6.89. The maximum absolute atomic E-state index is 12.4. The standard InChI is InChI=1S/C16H18N2O4/c1-4-11(5-2)22-14-12-7-6-10(17)8-13(12)18(3)16(20)15(14)21-9-19/h4,6-9H,5,17H2,1-3H3. The van der Waals surface area contributed by atoms with Gasteiger partial charge in [0.15, 0.2) is 5.75 Å². The predicted molar refractivity (Wildman–Crippen MR) is 85.0 cm³/mol. The summed E-state index contributed by atoms with van der Waals surface area (Å²) in [4.78, 5) is 23.1. The maximum Gasteiger partial charge on any atom is 0.298 e. The Bertz CT molecular complexity index is 806. The van der Waals surface area contributed by atoms with E-state index in [4.69, 9.17) is 15.2 Å². The lowest BCUT2D eigenvalue weighted by molar-refractivity contribution is -0.120. The summed E-state index contributed by atoms with van der Waals surface area (Å²) in [6, 6.07) is 5.11. The highest BCUT2D eigenvalue weighted by Crippen LogP contribution is 2.34. The lowest BCUT2D eigenvalue weighted by atomic mass is 10.1. The fraction of sp³-hybridized carbons (Fsp3) is 0.250. The first kappa shape index (κ1) is 15.6. The Morgan fingerprint density at radius 2 is 2.09 bits per heavy atom. The van der Waals surface area contributed by atoms with Crippen LogP contribution in [0.5, 0.6) is 11.5 Å². The van der Waals surface area contributed by atoms with Gasteiger partial charge < -0.3 is 19.8 Å². The molecular weight excluding hydrogens is 284 g/mol. The van der Waals surface area contributed by atoms with Crippen molar-refractivity contribution < 1.29 is 14.3 Å². The molecule has 1 heterocycles. The van der Waals surface area contributed by atoms with Crippen LogP contribution >= 0.6 is 0 Å². The number of anilines is 1. The predicted octanol–water partition coefficient (Wildman–Crippen LogP) is 2.35. The molecule has 1 aromatic heterocycles. The zero-order chi connectivity index (χ0) is 16.3. The number of aromatic nitrogens is 1. The number of aryl methyl sites for hydroxylation is 1. The van der Waals surface area contributed by atoms with Gasteiger partial charge in [-0.15, -0.1) is 0 Å². The SMILES string of the molecule is CC=C(CC)Oc1c(OC=O)c(=O)n(C)c2cc(N)ccc12. The summed E-state index contributed by atoms with van der Waals surface area (Å²) in [5.74, 6) is 0.754. The Hall–Kier alpha value is -2.76. The second-order valence-corrected chi connectivity index (χ2v) is 4.72. The van der Waals surface area contributed by atoms with Gasteiger partial charge in [0, 0.05) is 24.5 Å². The number of pyridine rings is 1. The fourth-order valence-electron chi connectivity index (χ4n) is 2.22. The minimum absolute atomic E-state index is 0.137. The van der Waals surface area contributed by atoms with Crippen molar-refractivity contribution in [2.24, 2.45) is 7.05 Å². The van der Waals surface area contributed by atoms with Gasteiger partial charge in [-0.1, -0.05) is 6.92 Å². The Morgan fingerprint density at radius 3 is 2.68 bits per heavy atom. The van der Waals surface area contributed by atoms with Crippen LogP contribution in [-0.4, -0.2) is 11.0 Å². The van der Waals surface area contributed by atoms with Gasteiger partial charge in [0.25, 0.3) is 12.0 Å². The monoisotopic (exact) mass is 302 g/mol. The lowest BCUT2D eigenvalue weighted by Gasteiger charge is -2.16. The molecule has 0 bridgehead atoms. The molecule has 0 aliphatic rings. The quantitative estimate of drug-likeness (QED) is 0.520. The van der Waals surface area contributed by atoms with Crippen molar-refractivity contribution in [2.45, 2.75) is 20.3 Å². The smallest absolute Gasteiger partial charge is 0.298 e. The number of allylic oxidation sites excluding steroid dienone is 2. The molecule has 0 saturated heterocycles. The number of nitrogen functional groups attached to an aromatic ring is 1. The maximum atomic E-state index is 12.4. The van der Waals surface area contributed by atoms with Crippen LogP contribution in [0.15, 0.2) is 34.8 Å². The van der Waals surface area contributed by atoms with Gasteiger partial charge >= 0.3 is 0 Å². The molecule has 116 valence electrons. The van der Waals surface area contributed by atoms with Crippen LogP contribution in [0.2, 0.25) is 0 Å². The average molecular weight is 302 g/mol. The third-order valence-corrected chi connectivity index (χ3v) is 3.40. The Morgan fingerprint density at radius 1 is 1.36 bits per heavy atom. The van der Waals surface area contributed by atoms with E-state index in [9.17, 15) is 9.59 Å². The summed E-state index contributed by atoms with van der Waals surface area (Å²) in [5, 5.41) is 0.640. The number of carbonyl (C=O) groups is 1. The van der Waals surface area contributed by atoms with Crippen molar-refractivity contribution in [2.75, 3.05) is 5.73 Å². The Balaban J connectivity index is 2.84. The van der Waals surface area contributed by atoms with Crippen LogP contribution < -0.4 is 20.8 Å². The molecule has 0 amide bonds. The molecule has 0 radical (unpaired) electrons. The molecule has 0 atom stereocenters. The second-order valence-electron chi connectivity index (χ2n) is 4.72. The molecule has 1 aromatic carbocycles. The highest BCUT2D eigenvalue weighted by atomic mass is 16.5. The van der Waals surface area contributed by atoms with Crippen molar-refractivity contribution in [3.8, 4) is 11.5 Å². The summed E-state index contributed by atoms with van der Waals surface area (Å²) in [6.07, 6.45) is 2.44. The Kier molecular flexibility index (Phi) is 4.50. The van der Waals surface area contributed by atoms with Crippen LogP contribution in [0.4, 0.5) is 5.69 Å². The molecule has 6 nitrogen and oxygen atoms in total. The van der Waals surface area contributed by atoms with Gasteiger partial charge in [-0.05, 0) is 31.2 Å². The number of hydrogen-bond donors (Lipinski definition) is 1. The second kappa shape index (κ2) is 6.34. The molecule has 0 spiro atoms. The van der Waals surface area contributed by atoms with Gasteiger partial charge in [-0.25, -0.2) is 0 Å². The fourth-order valence-corrected chi connectivity index (χ4v) is 2.22. The van der Waals surface area contributed by atoms with E-state index in [1.165, 1.54) is 4.57 Å². The van der Waals surface area contributed by atoms with Gasteiger partial charge in [0.1, 0.15) is 0 Å². The zero-order valence-electron chi connectivity index (χ0n) is 12.8. The van der Waals surface area contributed by atoms with Gasteiger partial charge in [0.2, 0.25) is 5.75 Å². The number of hydrogen-bond acceptors (Lipinski definition) is 5. The van der Waals surface area contributed by atoms with Crippen LogP contribution in [0.25, 0.3) is 10.9 Å². The molecule has 6 heteroatoms. The molecule has 0 unspecified atom stereocenters. The summed E-state index contributed by atoms with van der Waals surface area (Å²) >= 11 is 0. The molecule has 2 rings (SSSR count). The number of fused-ring (bicyclic) bond motifs is 1. The van der Waals surface area contributed by atoms with E-state index in [0.717, 1.165) is 0 Å². The van der Waals surface area contributed by atoms with E-state index in [0.29, 0.717) is 28.8 Å². The molecule has 2 N–H and O–H groups in total. The summed E-state index contributed by atoms with van der Waals surface area (Å²) in [6.45, 7) is 3.98. The summed E-state index contributed by atoms with van der Waals surface area (Å²) < 4.78 is 12.1. The molecule has 0 saturated carbocycles. The molecule has 0 aliphatic heterocycles. The molecule has 22 heavy (non-hydrogen) atoms. The zero-order valence-corrected chi connectivity index (χ0v) is 12.8.